The summed E-state index contributed by atoms with van der Waals surface area (Å²) in [7, 11) is -3.20. The fourth-order valence-electron chi connectivity index (χ4n) is 1.97. The summed E-state index contributed by atoms with van der Waals surface area (Å²) in [6.07, 6.45) is -4.55. The minimum atomic E-state index is -4.55. The third kappa shape index (κ3) is 3.32. The van der Waals surface area contributed by atoms with E-state index in [2.05, 4.69) is 0 Å². The summed E-state index contributed by atoms with van der Waals surface area (Å²) in [4.78, 5) is 9.60. The van der Waals surface area contributed by atoms with Crippen LogP contribution in [0.1, 0.15) is 5.56 Å². The summed E-state index contributed by atoms with van der Waals surface area (Å²) in [6.45, 7) is 0. The summed E-state index contributed by atoms with van der Waals surface area (Å²) in [6, 6.07) is 8.17. The topological polar surface area (TPSA) is 80.5 Å². The van der Waals surface area contributed by atoms with Gasteiger partial charge in [0.2, 0.25) is 0 Å². The number of hydrogen-bond donors (Lipinski definition) is 0. The van der Waals surface area contributed by atoms with E-state index in [4.69, 9.17) is 0 Å². The van der Waals surface area contributed by atoms with Gasteiger partial charge in [-0.25, -0.2) is 8.42 Å². The highest BCUT2D eigenvalue weighted by Gasteiger charge is 2.32. The Morgan fingerprint density at radius 1 is 1.04 bits per heavy atom. The van der Waals surface area contributed by atoms with Crippen molar-refractivity contribution in [1.29, 1.82) is 0 Å². The summed E-state index contributed by atoms with van der Waals surface area (Å²) in [5.74, 6) is 0. The van der Waals surface area contributed by atoms with Crippen LogP contribution in [0.25, 0.3) is 0 Å². The zero-order chi connectivity index (χ0) is 18.1. The van der Waals surface area contributed by atoms with Crippen molar-refractivity contribution in [2.24, 2.45) is 0 Å². The van der Waals surface area contributed by atoms with Gasteiger partial charge in [0, 0.05) is 13.1 Å². The molecule has 0 spiro atoms. The number of rotatable bonds is 4. The number of alkyl halides is 3. The van der Waals surface area contributed by atoms with Crippen LogP contribution >= 0.6 is 0 Å². The largest absolute Gasteiger partial charge is 0.416 e. The number of benzene rings is 2. The Kier molecular flexibility index (Phi) is 4.52. The number of anilines is 1. The van der Waals surface area contributed by atoms with Gasteiger partial charge in [-0.1, -0.05) is 12.1 Å². The molecule has 0 radical (unpaired) electrons. The molecule has 0 aromatic heterocycles. The summed E-state index contributed by atoms with van der Waals surface area (Å²) in [5.41, 5.74) is -1.60. The molecule has 0 aliphatic carbocycles. The highest BCUT2D eigenvalue weighted by molar-refractivity contribution is 7.93. The number of nitro groups is 1. The molecule has 0 saturated heterocycles. The molecule has 0 saturated carbocycles. The van der Waals surface area contributed by atoms with E-state index in [0.29, 0.717) is 4.31 Å². The molecule has 0 N–H and O–H groups in total. The van der Waals surface area contributed by atoms with Crippen molar-refractivity contribution in [3.05, 3.63) is 64.2 Å². The third-order valence-electron chi connectivity index (χ3n) is 3.26. The van der Waals surface area contributed by atoms with E-state index in [1.807, 2.05) is 0 Å². The predicted octanol–water partition coefficient (Wildman–Crippen LogP) is 3.44. The van der Waals surface area contributed by atoms with Gasteiger partial charge in [0.1, 0.15) is 0 Å². The van der Waals surface area contributed by atoms with Crippen LogP contribution in [0.15, 0.2) is 53.4 Å². The second-order valence-corrected chi connectivity index (χ2v) is 6.68. The van der Waals surface area contributed by atoms with Crippen molar-refractivity contribution < 1.29 is 26.5 Å². The van der Waals surface area contributed by atoms with E-state index in [1.165, 1.54) is 12.1 Å². The Balaban J connectivity index is 2.45. The zero-order valence-electron chi connectivity index (χ0n) is 12.2. The van der Waals surface area contributed by atoms with Crippen LogP contribution in [0, 0.1) is 10.1 Å². The predicted molar refractivity (Wildman–Crippen MR) is 80.1 cm³/mol. The van der Waals surface area contributed by atoms with Crippen molar-refractivity contribution >= 4 is 21.4 Å². The molecule has 2 aromatic carbocycles. The highest BCUT2D eigenvalue weighted by atomic mass is 32.2. The number of sulfonamides is 1. The number of nitrogens with zero attached hydrogens (tertiary/aromatic N) is 2. The highest BCUT2D eigenvalue weighted by Crippen LogP contribution is 2.32. The Morgan fingerprint density at radius 3 is 2.08 bits per heavy atom. The number of hydrogen-bond acceptors (Lipinski definition) is 4. The molecule has 0 amide bonds. The van der Waals surface area contributed by atoms with Crippen molar-refractivity contribution in [1.82, 2.24) is 0 Å². The molecule has 2 aromatic rings. The molecule has 24 heavy (non-hydrogen) atoms. The number of para-hydroxylation sites is 1. The van der Waals surface area contributed by atoms with Crippen LogP contribution in [0.5, 0.6) is 0 Å². The normalized spacial score (nSPS) is 12.0. The first-order valence-electron chi connectivity index (χ1n) is 6.45. The SMILES string of the molecule is CN(c1ccc(C(F)(F)F)cc1)S(=O)(=O)c1ccccc1[N+](=O)[O-]. The maximum absolute atomic E-state index is 12.6. The van der Waals surface area contributed by atoms with Gasteiger partial charge in [-0.3, -0.25) is 14.4 Å². The van der Waals surface area contributed by atoms with Crippen LogP contribution in [-0.2, 0) is 16.2 Å². The molecule has 128 valence electrons. The molecule has 2 rings (SSSR count). The van der Waals surface area contributed by atoms with Crippen molar-refractivity contribution in [2.45, 2.75) is 11.1 Å². The van der Waals surface area contributed by atoms with E-state index < -0.39 is 37.3 Å². The van der Waals surface area contributed by atoms with Gasteiger partial charge >= 0.3 is 6.18 Å². The molecule has 0 fully saturated rings. The van der Waals surface area contributed by atoms with Gasteiger partial charge < -0.3 is 0 Å². The smallest absolute Gasteiger partial charge is 0.269 e. The Morgan fingerprint density at radius 2 is 1.58 bits per heavy atom. The molecule has 10 heteroatoms. The molecule has 0 aliphatic heterocycles. The standard InChI is InChI=1S/C14H11F3N2O4S/c1-18(11-8-6-10(7-9-11)14(15,16)17)24(22,23)13-5-3-2-4-12(13)19(20)21/h2-9H,1H3. The monoisotopic (exact) mass is 360 g/mol. The number of halogens is 3. The van der Waals surface area contributed by atoms with Crippen LogP contribution in [0.2, 0.25) is 0 Å². The summed E-state index contributed by atoms with van der Waals surface area (Å²) in [5, 5.41) is 11.0. The first-order chi connectivity index (χ1) is 11.0. The van der Waals surface area contributed by atoms with E-state index in [1.54, 1.807) is 0 Å². The van der Waals surface area contributed by atoms with Gasteiger partial charge in [0.05, 0.1) is 16.2 Å². The van der Waals surface area contributed by atoms with E-state index >= 15 is 0 Å². The molecular formula is C14H11F3N2O4S. The van der Waals surface area contributed by atoms with Crippen LogP contribution in [0.3, 0.4) is 0 Å². The van der Waals surface area contributed by atoms with Crippen LogP contribution < -0.4 is 4.31 Å². The Hall–Kier alpha value is -2.62. The molecule has 0 heterocycles. The fraction of sp³-hybridized carbons (Fsp3) is 0.143. The van der Waals surface area contributed by atoms with Crippen molar-refractivity contribution in [3.8, 4) is 0 Å². The molecule has 0 unspecified atom stereocenters. The molecule has 6 nitrogen and oxygen atoms in total. The van der Waals surface area contributed by atoms with E-state index in [-0.39, 0.29) is 5.69 Å². The fourth-order valence-corrected chi connectivity index (χ4v) is 3.32. The van der Waals surface area contributed by atoms with Crippen LogP contribution in [0.4, 0.5) is 24.5 Å². The molecule has 0 bridgehead atoms. The second kappa shape index (κ2) is 6.11. The lowest BCUT2D eigenvalue weighted by Gasteiger charge is -2.20. The van der Waals surface area contributed by atoms with Gasteiger partial charge in [-0.2, -0.15) is 13.2 Å². The lowest BCUT2D eigenvalue weighted by molar-refractivity contribution is -0.387. The average molecular weight is 360 g/mol. The van der Waals surface area contributed by atoms with Gasteiger partial charge in [0.15, 0.2) is 4.90 Å². The zero-order valence-corrected chi connectivity index (χ0v) is 13.0. The first-order valence-corrected chi connectivity index (χ1v) is 7.89. The average Bonchev–Trinajstić information content (AvgIpc) is 2.53. The van der Waals surface area contributed by atoms with Crippen molar-refractivity contribution in [2.75, 3.05) is 11.4 Å². The molecular weight excluding hydrogens is 349 g/mol. The van der Waals surface area contributed by atoms with Gasteiger partial charge in [0.25, 0.3) is 15.7 Å². The summed E-state index contributed by atoms with van der Waals surface area (Å²) < 4.78 is 63.4. The Labute approximate surface area is 135 Å². The van der Waals surface area contributed by atoms with E-state index in [9.17, 15) is 31.7 Å². The maximum atomic E-state index is 12.6. The first kappa shape index (κ1) is 17.7. The molecule has 0 aliphatic rings. The summed E-state index contributed by atoms with van der Waals surface area (Å²) >= 11 is 0. The van der Waals surface area contributed by atoms with Crippen molar-refractivity contribution in [3.63, 3.8) is 0 Å². The maximum Gasteiger partial charge on any atom is 0.416 e. The van der Waals surface area contributed by atoms with Crippen LogP contribution in [-0.4, -0.2) is 20.4 Å². The quantitative estimate of drug-likeness (QED) is 0.618. The lowest BCUT2D eigenvalue weighted by atomic mass is 10.2. The third-order valence-corrected chi connectivity index (χ3v) is 5.09. The lowest BCUT2D eigenvalue weighted by Crippen LogP contribution is -2.27. The second-order valence-electron chi connectivity index (χ2n) is 4.74. The minimum absolute atomic E-state index is 0.0545. The number of nitro benzene ring substituents is 1. The van der Waals surface area contributed by atoms with Gasteiger partial charge in [-0.05, 0) is 30.3 Å². The minimum Gasteiger partial charge on any atom is -0.269 e. The Bertz CT molecular complexity index is 864. The molecule has 0 atom stereocenters. The van der Waals surface area contributed by atoms with Gasteiger partial charge in [-0.15, -0.1) is 0 Å². The van der Waals surface area contributed by atoms with E-state index in [0.717, 1.165) is 43.4 Å².